The van der Waals surface area contributed by atoms with E-state index in [1.165, 1.54) is 4.88 Å². The first kappa shape index (κ1) is 12.9. The monoisotopic (exact) mass is 284 g/mol. The lowest BCUT2D eigenvalue weighted by Crippen LogP contribution is -2.09. The summed E-state index contributed by atoms with van der Waals surface area (Å²) in [6, 6.07) is 8.09. The van der Waals surface area contributed by atoms with E-state index in [-0.39, 0.29) is 6.04 Å². The molecule has 0 aliphatic rings. The molecule has 5 heteroatoms. The summed E-state index contributed by atoms with van der Waals surface area (Å²) in [5.41, 5.74) is 8.60. The summed E-state index contributed by atoms with van der Waals surface area (Å²) in [5, 5.41) is 5.56. The second kappa shape index (κ2) is 5.09. The van der Waals surface area contributed by atoms with Gasteiger partial charge in [0.25, 0.3) is 0 Å². The number of aromatic nitrogens is 2. The number of rotatable bonds is 3. The zero-order valence-electron chi connectivity index (χ0n) is 11.4. The smallest absolute Gasteiger partial charge is 0.115 e. The van der Waals surface area contributed by atoms with Crippen LogP contribution in [0.1, 0.15) is 22.9 Å². The van der Waals surface area contributed by atoms with Gasteiger partial charge in [-0.3, -0.25) is 4.98 Å². The van der Waals surface area contributed by atoms with Crippen molar-refractivity contribution in [1.29, 1.82) is 0 Å². The largest absolute Gasteiger partial charge is 0.396 e. The van der Waals surface area contributed by atoms with Crippen LogP contribution in [0.15, 0.2) is 36.7 Å². The molecule has 0 aliphatic heterocycles. The van der Waals surface area contributed by atoms with E-state index >= 15 is 0 Å². The van der Waals surface area contributed by atoms with E-state index in [2.05, 4.69) is 29.1 Å². The highest BCUT2D eigenvalue weighted by Crippen LogP contribution is 2.31. The van der Waals surface area contributed by atoms with E-state index in [1.54, 1.807) is 17.5 Å². The third kappa shape index (κ3) is 2.32. The normalized spacial score (nSPS) is 12.5. The van der Waals surface area contributed by atoms with Gasteiger partial charge < -0.3 is 11.1 Å². The van der Waals surface area contributed by atoms with Gasteiger partial charge in [-0.2, -0.15) is 0 Å². The minimum absolute atomic E-state index is 0.113. The van der Waals surface area contributed by atoms with Crippen LogP contribution < -0.4 is 11.1 Å². The number of nitrogens with zero attached hydrogens (tertiary/aromatic N) is 2. The van der Waals surface area contributed by atoms with E-state index in [0.29, 0.717) is 5.69 Å². The summed E-state index contributed by atoms with van der Waals surface area (Å²) < 4.78 is 0. The molecule has 0 spiro atoms. The lowest BCUT2D eigenvalue weighted by atomic mass is 10.1. The van der Waals surface area contributed by atoms with E-state index in [9.17, 15) is 0 Å². The summed E-state index contributed by atoms with van der Waals surface area (Å²) >= 11 is 1.70. The van der Waals surface area contributed by atoms with Crippen LogP contribution in [0, 0.1) is 6.92 Å². The molecule has 1 atom stereocenters. The van der Waals surface area contributed by atoms with Gasteiger partial charge in [-0.05, 0) is 19.9 Å². The number of anilines is 2. The molecular formula is C15H16N4S. The maximum Gasteiger partial charge on any atom is 0.115 e. The molecule has 20 heavy (non-hydrogen) atoms. The van der Waals surface area contributed by atoms with Gasteiger partial charge in [-0.25, -0.2) is 4.98 Å². The number of para-hydroxylation sites is 1. The van der Waals surface area contributed by atoms with Gasteiger partial charge in [0.1, 0.15) is 5.01 Å². The lowest BCUT2D eigenvalue weighted by molar-refractivity contribution is 0.872. The van der Waals surface area contributed by atoms with Gasteiger partial charge in [0, 0.05) is 16.5 Å². The molecule has 1 aromatic carbocycles. The zero-order chi connectivity index (χ0) is 14.1. The molecule has 4 nitrogen and oxygen atoms in total. The molecule has 2 heterocycles. The van der Waals surface area contributed by atoms with Crippen molar-refractivity contribution >= 4 is 33.6 Å². The molecule has 0 bridgehead atoms. The second-order valence-corrected chi connectivity index (χ2v) is 6.05. The number of nitrogens with two attached hydrogens (primary N) is 1. The van der Waals surface area contributed by atoms with Crippen molar-refractivity contribution in [2.24, 2.45) is 0 Å². The third-order valence-corrected chi connectivity index (χ3v) is 4.27. The van der Waals surface area contributed by atoms with E-state index in [1.807, 2.05) is 30.5 Å². The van der Waals surface area contributed by atoms with Gasteiger partial charge in [0.15, 0.2) is 0 Å². The van der Waals surface area contributed by atoms with Gasteiger partial charge in [0.2, 0.25) is 0 Å². The standard InChI is InChI=1S/C15H16N4S/c1-9-7-18-15(20-9)10(2)19-14-11-5-3-4-6-13(11)17-8-12(14)16/h3-8,10H,16H2,1-2H3,(H,17,19). The first-order valence-corrected chi connectivity index (χ1v) is 7.29. The number of thiazole rings is 1. The first-order chi connectivity index (χ1) is 9.65. The Morgan fingerprint density at radius 2 is 2.00 bits per heavy atom. The van der Waals surface area contributed by atoms with E-state index in [0.717, 1.165) is 21.6 Å². The van der Waals surface area contributed by atoms with Crippen LogP contribution in [0.4, 0.5) is 11.4 Å². The average Bonchev–Trinajstić information content (AvgIpc) is 2.89. The molecule has 3 aromatic rings. The van der Waals surface area contributed by atoms with Gasteiger partial charge in [-0.1, -0.05) is 18.2 Å². The van der Waals surface area contributed by atoms with Crippen LogP contribution in [-0.4, -0.2) is 9.97 Å². The van der Waals surface area contributed by atoms with Crippen LogP contribution in [0.2, 0.25) is 0 Å². The number of pyridine rings is 1. The number of nitrogen functional groups attached to an aromatic ring is 1. The van der Waals surface area contributed by atoms with Crippen molar-refractivity contribution < 1.29 is 0 Å². The predicted octanol–water partition coefficient (Wildman–Crippen LogP) is 3.76. The Labute approximate surface area is 121 Å². The van der Waals surface area contributed by atoms with E-state index in [4.69, 9.17) is 5.73 Å². The van der Waals surface area contributed by atoms with Crippen molar-refractivity contribution in [1.82, 2.24) is 9.97 Å². The SMILES string of the molecule is Cc1cnc(C(C)Nc2c(N)cnc3ccccc23)s1. The summed E-state index contributed by atoms with van der Waals surface area (Å²) in [4.78, 5) is 9.98. The highest BCUT2D eigenvalue weighted by Gasteiger charge is 2.13. The molecule has 0 radical (unpaired) electrons. The Hall–Kier alpha value is -2.14. The first-order valence-electron chi connectivity index (χ1n) is 6.47. The maximum absolute atomic E-state index is 6.08. The number of aryl methyl sites for hydroxylation is 1. The Bertz CT molecular complexity index is 750. The van der Waals surface area contributed by atoms with Crippen LogP contribution >= 0.6 is 11.3 Å². The van der Waals surface area contributed by atoms with Crippen LogP contribution in [0.5, 0.6) is 0 Å². The number of hydrogen-bond acceptors (Lipinski definition) is 5. The lowest BCUT2D eigenvalue weighted by Gasteiger charge is -2.16. The number of benzene rings is 1. The number of nitrogens with one attached hydrogen (secondary N) is 1. The fourth-order valence-electron chi connectivity index (χ4n) is 2.17. The fraction of sp³-hybridized carbons (Fsp3) is 0.200. The molecule has 3 rings (SSSR count). The Morgan fingerprint density at radius 1 is 1.20 bits per heavy atom. The fourth-order valence-corrected chi connectivity index (χ4v) is 2.94. The van der Waals surface area contributed by atoms with Gasteiger partial charge in [-0.15, -0.1) is 11.3 Å². The van der Waals surface area contributed by atoms with Crippen LogP contribution in [-0.2, 0) is 0 Å². The topological polar surface area (TPSA) is 63.8 Å². The maximum atomic E-state index is 6.08. The van der Waals surface area contributed by atoms with E-state index < -0.39 is 0 Å². The average molecular weight is 284 g/mol. The third-order valence-electron chi connectivity index (χ3n) is 3.18. The molecular weight excluding hydrogens is 268 g/mol. The Balaban J connectivity index is 2.00. The molecule has 0 amide bonds. The quantitative estimate of drug-likeness (QED) is 0.768. The predicted molar refractivity (Wildman–Crippen MR) is 85.0 cm³/mol. The highest BCUT2D eigenvalue weighted by atomic mass is 32.1. The van der Waals surface area contributed by atoms with Crippen LogP contribution in [0.25, 0.3) is 10.9 Å². The molecule has 3 N–H and O–H groups in total. The zero-order valence-corrected chi connectivity index (χ0v) is 12.2. The molecule has 0 saturated heterocycles. The molecule has 1 unspecified atom stereocenters. The van der Waals surface area contributed by atoms with Crippen LogP contribution in [0.3, 0.4) is 0 Å². The minimum atomic E-state index is 0.113. The number of fused-ring (bicyclic) bond motifs is 1. The Morgan fingerprint density at radius 3 is 2.75 bits per heavy atom. The second-order valence-electron chi connectivity index (χ2n) is 4.78. The summed E-state index contributed by atoms with van der Waals surface area (Å²) in [5.74, 6) is 0. The molecule has 102 valence electrons. The highest BCUT2D eigenvalue weighted by molar-refractivity contribution is 7.11. The Kier molecular flexibility index (Phi) is 3.28. The summed E-state index contributed by atoms with van der Waals surface area (Å²) in [6.07, 6.45) is 3.59. The van der Waals surface area contributed by atoms with Crippen molar-refractivity contribution in [2.45, 2.75) is 19.9 Å². The summed E-state index contributed by atoms with van der Waals surface area (Å²) in [7, 11) is 0. The minimum Gasteiger partial charge on any atom is -0.396 e. The van der Waals surface area contributed by atoms with Crippen molar-refractivity contribution in [3.05, 3.63) is 46.5 Å². The molecule has 2 aromatic heterocycles. The number of hydrogen-bond donors (Lipinski definition) is 2. The van der Waals surface area contributed by atoms with Gasteiger partial charge in [0.05, 0.1) is 29.1 Å². The van der Waals surface area contributed by atoms with Crippen molar-refractivity contribution in [3.63, 3.8) is 0 Å². The molecule has 0 aliphatic carbocycles. The van der Waals surface area contributed by atoms with Crippen molar-refractivity contribution in [3.8, 4) is 0 Å². The molecule has 0 fully saturated rings. The van der Waals surface area contributed by atoms with Gasteiger partial charge >= 0.3 is 0 Å². The molecule has 0 saturated carbocycles. The van der Waals surface area contributed by atoms with Crippen molar-refractivity contribution in [2.75, 3.05) is 11.1 Å². The summed E-state index contributed by atoms with van der Waals surface area (Å²) in [6.45, 7) is 4.15.